The lowest BCUT2D eigenvalue weighted by Gasteiger charge is -2.16. The molecule has 0 spiro atoms. The second kappa shape index (κ2) is 6.96. The summed E-state index contributed by atoms with van der Waals surface area (Å²) in [6.45, 7) is 0. The quantitative estimate of drug-likeness (QED) is 0.849. The number of anilines is 1. The van der Waals surface area contributed by atoms with E-state index in [1.54, 1.807) is 18.2 Å². The van der Waals surface area contributed by atoms with Crippen LogP contribution in [-0.2, 0) is 11.2 Å². The van der Waals surface area contributed by atoms with Crippen LogP contribution in [0, 0.1) is 0 Å². The van der Waals surface area contributed by atoms with Crippen LogP contribution in [0.2, 0.25) is 5.02 Å². The van der Waals surface area contributed by atoms with Crippen molar-refractivity contribution in [1.29, 1.82) is 0 Å². The number of rotatable bonds is 6. The Morgan fingerprint density at radius 3 is 2.55 bits per heavy atom. The highest BCUT2D eigenvalue weighted by Gasteiger charge is 2.16. The van der Waals surface area contributed by atoms with E-state index in [4.69, 9.17) is 11.6 Å². The van der Waals surface area contributed by atoms with E-state index in [1.807, 2.05) is 36.4 Å². The molecule has 2 N–H and O–H groups in total. The van der Waals surface area contributed by atoms with Gasteiger partial charge in [0.15, 0.2) is 0 Å². The zero-order valence-electron chi connectivity index (χ0n) is 10.9. The van der Waals surface area contributed by atoms with E-state index in [0.717, 1.165) is 11.3 Å². The van der Waals surface area contributed by atoms with Crippen molar-refractivity contribution < 1.29 is 9.90 Å². The molecule has 0 radical (unpaired) electrons. The first-order valence-corrected chi connectivity index (χ1v) is 6.82. The molecule has 4 heteroatoms. The Kier molecular flexibility index (Phi) is 5.02. The van der Waals surface area contributed by atoms with Crippen molar-refractivity contribution in [2.45, 2.75) is 18.9 Å². The van der Waals surface area contributed by atoms with Crippen LogP contribution in [0.5, 0.6) is 0 Å². The van der Waals surface area contributed by atoms with Gasteiger partial charge in [0.05, 0.1) is 0 Å². The Morgan fingerprint density at radius 1 is 1.15 bits per heavy atom. The molecule has 0 aliphatic rings. The Hall–Kier alpha value is -2.00. The average molecular weight is 290 g/mol. The first-order chi connectivity index (χ1) is 9.65. The van der Waals surface area contributed by atoms with Crippen molar-refractivity contribution in [3.8, 4) is 0 Å². The van der Waals surface area contributed by atoms with Crippen LogP contribution < -0.4 is 5.32 Å². The van der Waals surface area contributed by atoms with Gasteiger partial charge in [-0.2, -0.15) is 0 Å². The molecular weight excluding hydrogens is 274 g/mol. The molecule has 0 bridgehead atoms. The second-order valence-corrected chi connectivity index (χ2v) is 5.01. The van der Waals surface area contributed by atoms with Gasteiger partial charge in [0, 0.05) is 10.7 Å². The summed E-state index contributed by atoms with van der Waals surface area (Å²) in [5.41, 5.74) is 1.85. The molecule has 1 unspecified atom stereocenters. The van der Waals surface area contributed by atoms with Crippen LogP contribution in [0.25, 0.3) is 0 Å². The van der Waals surface area contributed by atoms with Gasteiger partial charge in [-0.05, 0) is 36.6 Å². The molecule has 0 heterocycles. The van der Waals surface area contributed by atoms with Crippen molar-refractivity contribution in [2.24, 2.45) is 0 Å². The fourth-order valence-electron chi connectivity index (χ4n) is 1.99. The molecule has 0 aliphatic carbocycles. The van der Waals surface area contributed by atoms with Crippen LogP contribution >= 0.6 is 11.6 Å². The summed E-state index contributed by atoms with van der Waals surface area (Å²) in [5.74, 6) is -0.860. The number of hydrogen-bond donors (Lipinski definition) is 2. The molecule has 20 heavy (non-hydrogen) atoms. The number of hydrogen-bond acceptors (Lipinski definition) is 2. The Morgan fingerprint density at radius 2 is 1.90 bits per heavy atom. The number of carboxylic acids is 1. The zero-order valence-corrected chi connectivity index (χ0v) is 11.7. The molecule has 0 saturated heterocycles. The standard InChI is InChI=1S/C16H16ClNO2/c17-13-7-4-8-14(11-13)18-15(16(19)20)10-9-12-5-2-1-3-6-12/h1-8,11,15,18H,9-10H2,(H,19,20). The Bertz CT molecular complexity index is 572. The molecule has 0 saturated carbocycles. The summed E-state index contributed by atoms with van der Waals surface area (Å²) in [6, 6.07) is 16.3. The summed E-state index contributed by atoms with van der Waals surface area (Å²) in [7, 11) is 0. The normalized spacial score (nSPS) is 11.8. The molecule has 0 amide bonds. The summed E-state index contributed by atoms with van der Waals surface area (Å²) < 4.78 is 0. The highest BCUT2D eigenvalue weighted by atomic mass is 35.5. The van der Waals surface area contributed by atoms with Gasteiger partial charge in [-0.25, -0.2) is 4.79 Å². The summed E-state index contributed by atoms with van der Waals surface area (Å²) in [5, 5.41) is 12.9. The fourth-order valence-corrected chi connectivity index (χ4v) is 2.18. The molecule has 2 rings (SSSR count). The number of benzene rings is 2. The maximum Gasteiger partial charge on any atom is 0.326 e. The van der Waals surface area contributed by atoms with Crippen LogP contribution in [0.3, 0.4) is 0 Å². The van der Waals surface area contributed by atoms with E-state index in [-0.39, 0.29) is 0 Å². The highest BCUT2D eigenvalue weighted by molar-refractivity contribution is 6.30. The topological polar surface area (TPSA) is 49.3 Å². The second-order valence-electron chi connectivity index (χ2n) is 4.57. The van der Waals surface area contributed by atoms with Gasteiger partial charge >= 0.3 is 5.97 Å². The number of halogens is 1. The van der Waals surface area contributed by atoms with Gasteiger partial charge in [-0.15, -0.1) is 0 Å². The predicted octanol–water partition coefficient (Wildman–Crippen LogP) is 3.84. The molecule has 3 nitrogen and oxygen atoms in total. The van der Waals surface area contributed by atoms with Crippen molar-refractivity contribution >= 4 is 23.3 Å². The van der Waals surface area contributed by atoms with Gasteiger partial charge < -0.3 is 10.4 Å². The van der Waals surface area contributed by atoms with Crippen LogP contribution in [0.1, 0.15) is 12.0 Å². The first-order valence-electron chi connectivity index (χ1n) is 6.44. The molecule has 1 atom stereocenters. The molecule has 2 aromatic carbocycles. The first kappa shape index (κ1) is 14.4. The maximum atomic E-state index is 11.3. The van der Waals surface area contributed by atoms with E-state index in [2.05, 4.69) is 5.32 Å². The minimum atomic E-state index is -0.860. The Labute approximate surface area is 123 Å². The van der Waals surface area contributed by atoms with E-state index < -0.39 is 12.0 Å². The van der Waals surface area contributed by atoms with Crippen molar-refractivity contribution in [3.05, 3.63) is 65.2 Å². The van der Waals surface area contributed by atoms with Crippen LogP contribution in [-0.4, -0.2) is 17.1 Å². The van der Waals surface area contributed by atoms with Crippen molar-refractivity contribution in [2.75, 3.05) is 5.32 Å². The molecule has 0 aromatic heterocycles. The van der Waals surface area contributed by atoms with Gasteiger partial charge in [-0.3, -0.25) is 0 Å². The van der Waals surface area contributed by atoms with Crippen LogP contribution in [0.4, 0.5) is 5.69 Å². The third-order valence-electron chi connectivity index (χ3n) is 3.03. The van der Waals surface area contributed by atoms with Crippen LogP contribution in [0.15, 0.2) is 54.6 Å². The SMILES string of the molecule is O=C(O)C(CCc1ccccc1)Nc1cccc(Cl)c1. The zero-order chi connectivity index (χ0) is 14.4. The lowest BCUT2D eigenvalue weighted by atomic mass is 10.1. The van der Waals surface area contributed by atoms with E-state index in [9.17, 15) is 9.90 Å². The average Bonchev–Trinajstić information content (AvgIpc) is 2.44. The number of carboxylic acid groups (broad SMARTS) is 1. The molecular formula is C16H16ClNO2. The van der Waals surface area contributed by atoms with Gasteiger partial charge in [-0.1, -0.05) is 48.0 Å². The Balaban J connectivity index is 1.99. The lowest BCUT2D eigenvalue weighted by molar-refractivity contribution is -0.138. The molecule has 104 valence electrons. The van der Waals surface area contributed by atoms with E-state index >= 15 is 0 Å². The largest absolute Gasteiger partial charge is 0.480 e. The van der Waals surface area contributed by atoms with E-state index in [0.29, 0.717) is 17.9 Å². The van der Waals surface area contributed by atoms with Gasteiger partial charge in [0.1, 0.15) is 6.04 Å². The number of nitrogens with one attached hydrogen (secondary N) is 1. The minimum absolute atomic E-state index is 0.520. The van der Waals surface area contributed by atoms with Gasteiger partial charge in [0.25, 0.3) is 0 Å². The third kappa shape index (κ3) is 4.28. The fraction of sp³-hybridized carbons (Fsp3) is 0.188. The maximum absolute atomic E-state index is 11.3. The minimum Gasteiger partial charge on any atom is -0.480 e. The molecule has 2 aromatic rings. The summed E-state index contributed by atoms with van der Waals surface area (Å²) in [6.07, 6.45) is 1.23. The molecule has 0 fully saturated rings. The number of aliphatic carboxylic acids is 1. The smallest absolute Gasteiger partial charge is 0.326 e. The van der Waals surface area contributed by atoms with E-state index in [1.165, 1.54) is 0 Å². The number of carbonyl (C=O) groups is 1. The predicted molar refractivity (Wildman–Crippen MR) is 81.3 cm³/mol. The highest BCUT2D eigenvalue weighted by Crippen LogP contribution is 2.17. The number of aryl methyl sites for hydroxylation is 1. The summed E-state index contributed by atoms with van der Waals surface area (Å²) >= 11 is 5.89. The molecule has 0 aliphatic heterocycles. The van der Waals surface area contributed by atoms with Crippen molar-refractivity contribution in [3.63, 3.8) is 0 Å². The van der Waals surface area contributed by atoms with Gasteiger partial charge in [0.2, 0.25) is 0 Å². The lowest BCUT2D eigenvalue weighted by Crippen LogP contribution is -2.29. The summed E-state index contributed by atoms with van der Waals surface area (Å²) in [4.78, 5) is 11.3. The monoisotopic (exact) mass is 289 g/mol. The van der Waals surface area contributed by atoms with Crippen molar-refractivity contribution in [1.82, 2.24) is 0 Å². The third-order valence-corrected chi connectivity index (χ3v) is 3.26.